The highest BCUT2D eigenvalue weighted by Gasteiger charge is 2.35. The molecule has 146 valence electrons. The summed E-state index contributed by atoms with van der Waals surface area (Å²) in [5, 5.41) is 6.04. The first-order valence-electron chi connectivity index (χ1n) is 8.03. The first-order chi connectivity index (χ1) is 13.2. The van der Waals surface area contributed by atoms with Crippen LogP contribution in [0.25, 0.3) is 11.3 Å². The molecule has 3 aromatic rings. The van der Waals surface area contributed by atoms with Gasteiger partial charge < -0.3 is 15.8 Å². The first-order valence-corrected chi connectivity index (χ1v) is 8.03. The number of pyridine rings is 1. The Labute approximate surface area is 157 Å². The number of amides is 1. The Morgan fingerprint density at radius 3 is 2.54 bits per heavy atom. The van der Waals surface area contributed by atoms with Crippen LogP contribution in [0.4, 0.5) is 24.8 Å². The van der Waals surface area contributed by atoms with E-state index in [1.807, 2.05) is 0 Å². The van der Waals surface area contributed by atoms with Gasteiger partial charge in [0.1, 0.15) is 17.4 Å². The van der Waals surface area contributed by atoms with Crippen molar-refractivity contribution in [2.24, 2.45) is 7.05 Å². The number of rotatable bonds is 4. The fourth-order valence-corrected chi connectivity index (χ4v) is 2.63. The number of alkyl halides is 3. The van der Waals surface area contributed by atoms with Gasteiger partial charge in [-0.2, -0.15) is 18.3 Å². The van der Waals surface area contributed by atoms with Gasteiger partial charge in [0.05, 0.1) is 18.4 Å². The molecule has 0 aliphatic carbocycles. The molecule has 10 heteroatoms. The van der Waals surface area contributed by atoms with Crippen LogP contribution in [0.1, 0.15) is 16.1 Å². The average Bonchev–Trinajstić information content (AvgIpc) is 3.03. The van der Waals surface area contributed by atoms with Crippen LogP contribution in [0.3, 0.4) is 0 Å². The van der Waals surface area contributed by atoms with Crippen LogP contribution < -0.4 is 15.8 Å². The number of carbonyl (C=O) groups excluding carboxylic acids is 1. The lowest BCUT2D eigenvalue weighted by Gasteiger charge is -2.10. The molecule has 2 aromatic heterocycles. The Morgan fingerprint density at radius 1 is 1.21 bits per heavy atom. The molecular weight excluding hydrogens is 375 g/mol. The number of nitrogens with zero attached hydrogens (tertiary/aromatic N) is 3. The molecular formula is C18H16F3N5O2. The van der Waals surface area contributed by atoms with Crippen molar-refractivity contribution in [2.45, 2.75) is 6.18 Å². The number of anilines is 2. The summed E-state index contributed by atoms with van der Waals surface area (Å²) in [6, 6.07) is 10.4. The van der Waals surface area contributed by atoms with E-state index in [-0.39, 0.29) is 22.9 Å². The second-order valence-electron chi connectivity index (χ2n) is 5.82. The van der Waals surface area contributed by atoms with Crippen molar-refractivity contribution in [1.82, 2.24) is 14.8 Å². The van der Waals surface area contributed by atoms with Crippen molar-refractivity contribution in [3.63, 3.8) is 0 Å². The van der Waals surface area contributed by atoms with E-state index in [9.17, 15) is 18.0 Å². The number of hydrogen-bond donors (Lipinski definition) is 2. The Balaban J connectivity index is 1.87. The number of aryl methyl sites for hydroxylation is 1. The Bertz CT molecular complexity index is 1030. The molecule has 0 fully saturated rings. The summed E-state index contributed by atoms with van der Waals surface area (Å²) >= 11 is 0. The maximum atomic E-state index is 12.8. The number of para-hydroxylation sites is 1. The molecule has 2 heterocycles. The zero-order chi connectivity index (χ0) is 20.5. The number of methoxy groups -OCH3 is 1. The number of halogens is 3. The number of carbonyl (C=O) groups is 1. The van der Waals surface area contributed by atoms with E-state index in [4.69, 9.17) is 10.5 Å². The number of benzene rings is 1. The van der Waals surface area contributed by atoms with Crippen LogP contribution in [-0.2, 0) is 13.2 Å². The van der Waals surface area contributed by atoms with Gasteiger partial charge in [-0.15, -0.1) is 0 Å². The number of hydrogen-bond acceptors (Lipinski definition) is 5. The van der Waals surface area contributed by atoms with E-state index in [0.29, 0.717) is 11.3 Å². The van der Waals surface area contributed by atoms with Gasteiger partial charge >= 0.3 is 6.18 Å². The van der Waals surface area contributed by atoms with Gasteiger partial charge in [-0.05, 0) is 30.3 Å². The zero-order valence-electron chi connectivity index (χ0n) is 14.9. The zero-order valence-corrected chi connectivity index (χ0v) is 14.9. The molecule has 0 aliphatic heterocycles. The quantitative estimate of drug-likeness (QED) is 0.711. The van der Waals surface area contributed by atoms with E-state index in [1.54, 1.807) is 24.3 Å². The van der Waals surface area contributed by atoms with Crippen LogP contribution in [0.15, 0.2) is 42.5 Å². The number of ether oxygens (including phenoxy) is 1. The van der Waals surface area contributed by atoms with Crippen molar-refractivity contribution < 1.29 is 22.7 Å². The molecule has 28 heavy (non-hydrogen) atoms. The number of aromatic nitrogens is 3. The molecule has 0 aliphatic rings. The van der Waals surface area contributed by atoms with Gasteiger partial charge in [-0.3, -0.25) is 9.48 Å². The fourth-order valence-electron chi connectivity index (χ4n) is 2.63. The Hall–Kier alpha value is -3.56. The highest BCUT2D eigenvalue weighted by Crippen LogP contribution is 2.33. The van der Waals surface area contributed by atoms with Gasteiger partial charge in [-0.25, -0.2) is 4.98 Å². The largest absolute Gasteiger partial charge is 0.496 e. The smallest absolute Gasteiger partial charge is 0.435 e. The minimum Gasteiger partial charge on any atom is -0.496 e. The van der Waals surface area contributed by atoms with Crippen molar-refractivity contribution >= 4 is 17.5 Å². The van der Waals surface area contributed by atoms with Gasteiger partial charge in [0, 0.05) is 12.6 Å². The van der Waals surface area contributed by atoms with Crippen LogP contribution >= 0.6 is 0 Å². The molecule has 7 nitrogen and oxygen atoms in total. The Morgan fingerprint density at radius 2 is 1.93 bits per heavy atom. The molecule has 3 rings (SSSR count). The maximum absolute atomic E-state index is 12.8. The second kappa shape index (κ2) is 7.22. The lowest BCUT2D eigenvalue weighted by molar-refractivity contribution is -0.141. The molecule has 1 aromatic carbocycles. The predicted molar refractivity (Wildman–Crippen MR) is 96.8 cm³/mol. The summed E-state index contributed by atoms with van der Waals surface area (Å²) in [5.41, 5.74) is 5.59. The fraction of sp³-hybridized carbons (Fsp3) is 0.167. The Kier molecular flexibility index (Phi) is 4.95. The lowest BCUT2D eigenvalue weighted by Crippen LogP contribution is -2.14. The minimum atomic E-state index is -4.57. The maximum Gasteiger partial charge on any atom is 0.435 e. The number of nitrogens with two attached hydrogens (primary N) is 1. The third-order valence-corrected chi connectivity index (χ3v) is 3.96. The topological polar surface area (TPSA) is 95.1 Å². The molecule has 0 atom stereocenters. The molecule has 0 saturated heterocycles. The molecule has 0 bridgehead atoms. The first kappa shape index (κ1) is 19.2. The third kappa shape index (κ3) is 3.75. The minimum absolute atomic E-state index is 0.0467. The summed E-state index contributed by atoms with van der Waals surface area (Å²) in [6.45, 7) is 0. The predicted octanol–water partition coefficient (Wildman–Crippen LogP) is 3.34. The summed E-state index contributed by atoms with van der Waals surface area (Å²) in [4.78, 5) is 16.5. The van der Waals surface area contributed by atoms with Gasteiger partial charge in [0.15, 0.2) is 5.69 Å². The van der Waals surface area contributed by atoms with E-state index in [0.717, 1.165) is 10.7 Å². The number of nitrogen functional groups attached to an aromatic ring is 1. The molecule has 0 saturated carbocycles. The standard InChI is InChI=1S/C18H16F3N5O2/c1-26-12(9-14(25-26)18(19,20)21)10-7-8-15(23-16(10)22)24-17(27)11-5-3-4-6-13(11)28-2/h3-9H,1-2H3,(H3,22,23,24,27). The van der Waals surface area contributed by atoms with E-state index in [1.165, 1.54) is 26.3 Å². The van der Waals surface area contributed by atoms with E-state index < -0.39 is 17.8 Å². The highest BCUT2D eigenvalue weighted by molar-refractivity contribution is 6.05. The average molecular weight is 391 g/mol. The second-order valence-corrected chi connectivity index (χ2v) is 5.82. The highest BCUT2D eigenvalue weighted by atomic mass is 19.4. The summed E-state index contributed by atoms with van der Waals surface area (Å²) in [5.74, 6) is 0.0288. The lowest BCUT2D eigenvalue weighted by atomic mass is 10.1. The normalized spacial score (nSPS) is 11.3. The van der Waals surface area contributed by atoms with Gasteiger partial charge in [-0.1, -0.05) is 12.1 Å². The van der Waals surface area contributed by atoms with Crippen molar-refractivity contribution in [2.75, 3.05) is 18.2 Å². The van der Waals surface area contributed by atoms with Gasteiger partial charge in [0.25, 0.3) is 5.91 Å². The van der Waals surface area contributed by atoms with Crippen LogP contribution in [0.2, 0.25) is 0 Å². The number of nitrogens with one attached hydrogen (secondary N) is 1. The van der Waals surface area contributed by atoms with Crippen LogP contribution in [0.5, 0.6) is 5.75 Å². The summed E-state index contributed by atoms with van der Waals surface area (Å²) in [7, 11) is 2.82. The SMILES string of the molecule is COc1ccccc1C(=O)Nc1ccc(-c2cc(C(F)(F)F)nn2C)c(N)n1. The van der Waals surface area contributed by atoms with Crippen molar-refractivity contribution in [1.29, 1.82) is 0 Å². The molecule has 0 unspecified atom stereocenters. The molecule has 3 N–H and O–H groups in total. The van der Waals surface area contributed by atoms with Gasteiger partial charge in [0.2, 0.25) is 0 Å². The summed E-state index contributed by atoms with van der Waals surface area (Å²) < 4.78 is 44.8. The van der Waals surface area contributed by atoms with E-state index >= 15 is 0 Å². The third-order valence-electron chi connectivity index (χ3n) is 3.96. The van der Waals surface area contributed by atoms with Crippen LogP contribution in [-0.4, -0.2) is 27.8 Å². The molecule has 1 amide bonds. The monoisotopic (exact) mass is 391 g/mol. The van der Waals surface area contributed by atoms with Crippen molar-refractivity contribution in [3.8, 4) is 17.0 Å². The molecule has 0 spiro atoms. The molecule has 0 radical (unpaired) electrons. The van der Waals surface area contributed by atoms with E-state index in [2.05, 4.69) is 15.4 Å². The van der Waals surface area contributed by atoms with Crippen LogP contribution in [0, 0.1) is 0 Å². The summed E-state index contributed by atoms with van der Waals surface area (Å²) in [6.07, 6.45) is -4.57. The van der Waals surface area contributed by atoms with Crippen molar-refractivity contribution in [3.05, 3.63) is 53.7 Å².